The molecule has 0 spiro atoms. The molecule has 0 bridgehead atoms. The maximum Gasteiger partial charge on any atom is 0.328 e. The molecule has 0 amide bonds. The van der Waals surface area contributed by atoms with E-state index in [9.17, 15) is 4.79 Å². The number of ether oxygens (including phenoxy) is 1. The van der Waals surface area contributed by atoms with E-state index in [4.69, 9.17) is 4.74 Å². The number of fused-ring (bicyclic) bond motifs is 1. The molecule has 1 atom stereocenters. The van der Waals surface area contributed by atoms with Gasteiger partial charge in [0.1, 0.15) is 6.04 Å². The van der Waals surface area contributed by atoms with Crippen LogP contribution in [0.15, 0.2) is 24.3 Å². The largest absolute Gasteiger partial charge is 0.467 e. The molecule has 80 valence electrons. The van der Waals surface area contributed by atoms with E-state index in [1.165, 1.54) is 12.7 Å². The molecule has 3 nitrogen and oxygen atoms in total. The highest BCUT2D eigenvalue weighted by molar-refractivity contribution is 5.79. The number of carbonyl (C=O) groups is 1. The summed E-state index contributed by atoms with van der Waals surface area (Å²) in [6.07, 6.45) is 2.88. The standard InChI is InChI=1S/C12H15NO2/c1-15-12(14)11-8-4-6-9-5-2-3-7-10(9)13-11/h2-3,5,7,11,13H,4,6,8H2,1H3. The third-order valence-corrected chi connectivity index (χ3v) is 2.77. The number of nitrogens with one attached hydrogen (secondary N) is 1. The van der Waals surface area contributed by atoms with Crippen molar-refractivity contribution < 1.29 is 9.53 Å². The summed E-state index contributed by atoms with van der Waals surface area (Å²) in [5, 5.41) is 3.24. The van der Waals surface area contributed by atoms with Crippen LogP contribution in [0.5, 0.6) is 0 Å². The van der Waals surface area contributed by atoms with Crippen molar-refractivity contribution in [2.24, 2.45) is 0 Å². The second-order valence-corrected chi connectivity index (χ2v) is 3.77. The highest BCUT2D eigenvalue weighted by Crippen LogP contribution is 2.23. The first-order valence-corrected chi connectivity index (χ1v) is 5.23. The maximum absolute atomic E-state index is 11.4. The zero-order valence-electron chi connectivity index (χ0n) is 8.82. The Hall–Kier alpha value is -1.51. The zero-order valence-corrected chi connectivity index (χ0v) is 8.82. The minimum atomic E-state index is -0.196. The monoisotopic (exact) mass is 205 g/mol. The molecule has 0 saturated carbocycles. The smallest absolute Gasteiger partial charge is 0.328 e. The Morgan fingerprint density at radius 2 is 2.27 bits per heavy atom. The molecule has 0 saturated heterocycles. The molecule has 0 radical (unpaired) electrons. The maximum atomic E-state index is 11.4. The topological polar surface area (TPSA) is 38.3 Å². The van der Waals surface area contributed by atoms with Crippen molar-refractivity contribution >= 4 is 11.7 Å². The molecule has 0 aromatic heterocycles. The minimum absolute atomic E-state index is 0.174. The van der Waals surface area contributed by atoms with Crippen molar-refractivity contribution in [3.05, 3.63) is 29.8 Å². The molecular formula is C12H15NO2. The summed E-state index contributed by atoms with van der Waals surface area (Å²) < 4.78 is 4.76. The van der Waals surface area contributed by atoms with E-state index in [2.05, 4.69) is 11.4 Å². The first-order chi connectivity index (χ1) is 7.31. The number of carbonyl (C=O) groups excluding carboxylic acids is 1. The fraction of sp³-hybridized carbons (Fsp3) is 0.417. The Kier molecular flexibility index (Phi) is 2.90. The van der Waals surface area contributed by atoms with Crippen molar-refractivity contribution in [1.29, 1.82) is 0 Å². The highest BCUT2D eigenvalue weighted by atomic mass is 16.5. The molecule has 3 heteroatoms. The van der Waals surface area contributed by atoms with Crippen molar-refractivity contribution in [2.45, 2.75) is 25.3 Å². The highest BCUT2D eigenvalue weighted by Gasteiger charge is 2.22. The summed E-state index contributed by atoms with van der Waals surface area (Å²) >= 11 is 0. The van der Waals surface area contributed by atoms with Crippen LogP contribution in [-0.2, 0) is 16.0 Å². The second kappa shape index (κ2) is 4.34. The van der Waals surface area contributed by atoms with Gasteiger partial charge in [-0.1, -0.05) is 18.2 Å². The molecule has 1 N–H and O–H groups in total. The van der Waals surface area contributed by atoms with Crippen molar-refractivity contribution in [2.75, 3.05) is 12.4 Å². The molecule has 1 aliphatic heterocycles. The SMILES string of the molecule is COC(=O)C1CCCc2ccccc2N1. The minimum Gasteiger partial charge on any atom is -0.467 e. The molecule has 0 aliphatic carbocycles. The van der Waals surface area contributed by atoms with Crippen LogP contribution in [-0.4, -0.2) is 19.1 Å². The van der Waals surface area contributed by atoms with E-state index in [-0.39, 0.29) is 12.0 Å². The lowest BCUT2D eigenvalue weighted by Gasteiger charge is -2.15. The number of methoxy groups -OCH3 is 1. The van der Waals surface area contributed by atoms with E-state index in [1.54, 1.807) is 0 Å². The third kappa shape index (κ3) is 2.12. The Morgan fingerprint density at radius 1 is 1.47 bits per heavy atom. The molecule has 2 rings (SSSR count). The number of hydrogen-bond donors (Lipinski definition) is 1. The van der Waals surface area contributed by atoms with Crippen LogP contribution in [0.2, 0.25) is 0 Å². The van der Waals surface area contributed by atoms with Gasteiger partial charge >= 0.3 is 5.97 Å². The second-order valence-electron chi connectivity index (χ2n) is 3.77. The molecule has 0 fully saturated rings. The first-order valence-electron chi connectivity index (χ1n) is 5.23. The Labute approximate surface area is 89.4 Å². The van der Waals surface area contributed by atoms with Gasteiger partial charge in [0.25, 0.3) is 0 Å². The normalized spacial score (nSPS) is 19.7. The van der Waals surface area contributed by atoms with Crippen LogP contribution in [0.3, 0.4) is 0 Å². The number of benzene rings is 1. The van der Waals surface area contributed by atoms with E-state index < -0.39 is 0 Å². The summed E-state index contributed by atoms with van der Waals surface area (Å²) in [6, 6.07) is 7.92. The van der Waals surface area contributed by atoms with E-state index in [0.29, 0.717) is 0 Å². The average molecular weight is 205 g/mol. The summed E-state index contributed by atoms with van der Waals surface area (Å²) in [5.41, 5.74) is 2.34. The molecule has 1 unspecified atom stereocenters. The number of aryl methyl sites for hydroxylation is 1. The molecule has 1 aliphatic rings. The number of rotatable bonds is 1. The number of hydrogen-bond acceptors (Lipinski definition) is 3. The van der Waals surface area contributed by atoms with E-state index in [0.717, 1.165) is 24.9 Å². The zero-order chi connectivity index (χ0) is 10.7. The van der Waals surface area contributed by atoms with Gasteiger partial charge in [0.15, 0.2) is 0 Å². The number of para-hydroxylation sites is 1. The summed E-state index contributed by atoms with van der Waals surface area (Å²) in [5.74, 6) is -0.174. The summed E-state index contributed by atoms with van der Waals surface area (Å²) in [4.78, 5) is 11.4. The Bertz CT molecular complexity index is 362. The lowest BCUT2D eigenvalue weighted by molar-refractivity contribution is -0.141. The van der Waals surface area contributed by atoms with Crippen LogP contribution >= 0.6 is 0 Å². The lowest BCUT2D eigenvalue weighted by atomic mass is 10.1. The van der Waals surface area contributed by atoms with Crippen molar-refractivity contribution in [3.8, 4) is 0 Å². The van der Waals surface area contributed by atoms with Crippen LogP contribution in [0.1, 0.15) is 18.4 Å². The first kappa shape index (κ1) is 10.0. The lowest BCUT2D eigenvalue weighted by Crippen LogP contribution is -2.29. The predicted octanol–water partition coefficient (Wildman–Crippen LogP) is 1.98. The van der Waals surface area contributed by atoms with Crippen LogP contribution < -0.4 is 5.32 Å². The number of anilines is 1. The molecule has 1 aromatic rings. The van der Waals surface area contributed by atoms with Gasteiger partial charge in [-0.15, -0.1) is 0 Å². The van der Waals surface area contributed by atoms with Crippen LogP contribution in [0, 0.1) is 0 Å². The van der Waals surface area contributed by atoms with Gasteiger partial charge in [-0.25, -0.2) is 4.79 Å². The van der Waals surface area contributed by atoms with Gasteiger partial charge in [0, 0.05) is 5.69 Å². The quantitative estimate of drug-likeness (QED) is 0.712. The fourth-order valence-corrected chi connectivity index (χ4v) is 1.95. The van der Waals surface area contributed by atoms with Gasteiger partial charge in [0.2, 0.25) is 0 Å². The predicted molar refractivity (Wildman–Crippen MR) is 58.8 cm³/mol. The summed E-state index contributed by atoms with van der Waals surface area (Å²) in [6.45, 7) is 0. The fourth-order valence-electron chi connectivity index (χ4n) is 1.95. The third-order valence-electron chi connectivity index (χ3n) is 2.77. The Balaban J connectivity index is 2.21. The van der Waals surface area contributed by atoms with Crippen LogP contribution in [0.25, 0.3) is 0 Å². The van der Waals surface area contributed by atoms with E-state index in [1.807, 2.05) is 18.2 Å². The molecule has 15 heavy (non-hydrogen) atoms. The van der Waals surface area contributed by atoms with Gasteiger partial charge in [-0.3, -0.25) is 0 Å². The van der Waals surface area contributed by atoms with Gasteiger partial charge in [-0.2, -0.15) is 0 Å². The van der Waals surface area contributed by atoms with Gasteiger partial charge < -0.3 is 10.1 Å². The van der Waals surface area contributed by atoms with Gasteiger partial charge in [0.05, 0.1) is 7.11 Å². The van der Waals surface area contributed by atoms with Gasteiger partial charge in [-0.05, 0) is 30.9 Å². The molecule has 1 aromatic carbocycles. The van der Waals surface area contributed by atoms with Crippen molar-refractivity contribution in [3.63, 3.8) is 0 Å². The van der Waals surface area contributed by atoms with Crippen molar-refractivity contribution in [1.82, 2.24) is 0 Å². The molecular weight excluding hydrogens is 190 g/mol. The van der Waals surface area contributed by atoms with E-state index >= 15 is 0 Å². The molecule has 1 heterocycles. The average Bonchev–Trinajstić information content (AvgIpc) is 2.49. The summed E-state index contributed by atoms with van der Waals surface area (Å²) in [7, 11) is 1.43. The number of esters is 1. The van der Waals surface area contributed by atoms with Crippen LogP contribution in [0.4, 0.5) is 5.69 Å². The Morgan fingerprint density at radius 3 is 3.07 bits per heavy atom.